The minimum Gasteiger partial charge on any atom is -0.161 e. The van der Waals surface area contributed by atoms with Gasteiger partial charge in [-0.3, -0.25) is 0 Å². The summed E-state index contributed by atoms with van der Waals surface area (Å²) in [6.45, 7) is 2.39. The number of aryl methyl sites for hydroxylation is 1. The Labute approximate surface area is 107 Å². The van der Waals surface area contributed by atoms with Crippen LogP contribution in [0.1, 0.15) is 31.7 Å². The van der Waals surface area contributed by atoms with E-state index < -0.39 is 0 Å². The van der Waals surface area contributed by atoms with E-state index in [1.54, 1.807) is 6.33 Å². The first-order chi connectivity index (χ1) is 8.66. The number of rotatable bonds is 3. The Morgan fingerprint density at radius 2 is 2.22 bits per heavy atom. The van der Waals surface area contributed by atoms with E-state index in [9.17, 15) is 0 Å². The molecular formula is C14H19N4+. The third-order valence-electron chi connectivity index (χ3n) is 3.99. The first-order valence-electron chi connectivity index (χ1n) is 6.52. The molecule has 2 aromatic rings. The highest BCUT2D eigenvalue weighted by Gasteiger charge is 2.31. The molecule has 0 atom stereocenters. The summed E-state index contributed by atoms with van der Waals surface area (Å²) in [6, 6.07) is 8.61. The molecule has 1 heterocycles. The number of aromatic nitrogens is 4. The minimum absolute atomic E-state index is 0.517. The molecule has 18 heavy (non-hydrogen) atoms. The Hall–Kier alpha value is -1.71. The Balaban J connectivity index is 1.87. The Kier molecular flexibility index (Phi) is 2.65. The molecule has 1 aromatic carbocycles. The molecule has 0 spiro atoms. The number of hydrogen-bond donors (Lipinski definition) is 0. The Morgan fingerprint density at radius 3 is 2.83 bits per heavy atom. The van der Waals surface area contributed by atoms with E-state index >= 15 is 0 Å². The maximum Gasteiger partial charge on any atom is 0.288 e. The van der Waals surface area contributed by atoms with Gasteiger partial charge >= 0.3 is 0 Å². The van der Waals surface area contributed by atoms with Gasteiger partial charge in [0.05, 0.1) is 7.05 Å². The van der Waals surface area contributed by atoms with Crippen LogP contribution in [0, 0.1) is 5.41 Å². The molecule has 1 aliphatic rings. The summed E-state index contributed by atoms with van der Waals surface area (Å²) in [5.41, 5.74) is 2.99. The van der Waals surface area contributed by atoms with E-state index in [2.05, 4.69) is 41.5 Å². The van der Waals surface area contributed by atoms with Crippen molar-refractivity contribution < 1.29 is 4.68 Å². The molecule has 1 aromatic heterocycles. The summed E-state index contributed by atoms with van der Waals surface area (Å²) >= 11 is 0. The van der Waals surface area contributed by atoms with Crippen molar-refractivity contribution in [1.82, 2.24) is 15.1 Å². The van der Waals surface area contributed by atoms with Crippen molar-refractivity contribution in [3.63, 3.8) is 0 Å². The first-order valence-corrected chi connectivity index (χ1v) is 6.52. The lowest BCUT2D eigenvalue weighted by molar-refractivity contribution is -0.749. The largest absolute Gasteiger partial charge is 0.288 e. The van der Waals surface area contributed by atoms with Crippen LogP contribution in [0.3, 0.4) is 0 Å². The summed E-state index contributed by atoms with van der Waals surface area (Å²) in [7, 11) is 1.94. The second kappa shape index (κ2) is 4.19. The average Bonchev–Trinajstić information content (AvgIpc) is 2.74. The van der Waals surface area contributed by atoms with Gasteiger partial charge < -0.3 is 0 Å². The van der Waals surface area contributed by atoms with Crippen LogP contribution in [0.25, 0.3) is 5.69 Å². The van der Waals surface area contributed by atoms with Gasteiger partial charge in [0, 0.05) is 0 Å². The van der Waals surface area contributed by atoms with Crippen molar-refractivity contribution in [2.45, 2.75) is 32.6 Å². The van der Waals surface area contributed by atoms with Crippen LogP contribution in [0.5, 0.6) is 0 Å². The zero-order chi connectivity index (χ0) is 12.6. The molecule has 0 aliphatic heterocycles. The van der Waals surface area contributed by atoms with Crippen LogP contribution in [-0.2, 0) is 13.5 Å². The molecule has 0 N–H and O–H groups in total. The van der Waals surface area contributed by atoms with Crippen LogP contribution in [0.2, 0.25) is 0 Å². The maximum absolute atomic E-state index is 4.09. The second-order valence-electron chi connectivity index (χ2n) is 5.69. The molecule has 0 bridgehead atoms. The molecular weight excluding hydrogens is 224 g/mol. The van der Waals surface area contributed by atoms with Crippen LogP contribution in [-0.4, -0.2) is 15.1 Å². The third kappa shape index (κ3) is 2.03. The van der Waals surface area contributed by atoms with Crippen molar-refractivity contribution >= 4 is 0 Å². The summed E-state index contributed by atoms with van der Waals surface area (Å²) in [5, 5.41) is 7.99. The quantitative estimate of drug-likeness (QED) is 0.771. The van der Waals surface area contributed by atoms with Gasteiger partial charge in [0.2, 0.25) is 0 Å². The van der Waals surface area contributed by atoms with Crippen LogP contribution in [0.15, 0.2) is 30.6 Å². The molecule has 1 saturated carbocycles. The van der Waals surface area contributed by atoms with Gasteiger partial charge in [-0.2, -0.15) is 4.68 Å². The third-order valence-corrected chi connectivity index (χ3v) is 3.99. The van der Waals surface area contributed by atoms with Gasteiger partial charge in [-0.05, 0) is 47.2 Å². The van der Waals surface area contributed by atoms with Crippen molar-refractivity contribution in [3.05, 3.63) is 36.2 Å². The van der Waals surface area contributed by atoms with Crippen molar-refractivity contribution in [2.24, 2.45) is 12.5 Å². The van der Waals surface area contributed by atoms with Gasteiger partial charge in [0.25, 0.3) is 6.33 Å². The molecule has 0 radical (unpaired) electrons. The fraction of sp³-hybridized carbons (Fsp3) is 0.500. The topological polar surface area (TPSA) is 34.6 Å². The molecule has 94 valence electrons. The zero-order valence-corrected chi connectivity index (χ0v) is 11.0. The molecule has 0 unspecified atom stereocenters. The summed E-state index contributed by atoms with van der Waals surface area (Å²) < 4.78 is 1.88. The highest BCUT2D eigenvalue weighted by molar-refractivity contribution is 5.33. The van der Waals surface area contributed by atoms with Crippen LogP contribution < -0.4 is 4.68 Å². The molecule has 3 rings (SSSR count). The Bertz CT molecular complexity index is 554. The van der Waals surface area contributed by atoms with E-state index in [0.29, 0.717) is 5.41 Å². The van der Waals surface area contributed by atoms with E-state index in [-0.39, 0.29) is 0 Å². The lowest BCUT2D eigenvalue weighted by Crippen LogP contribution is -2.37. The summed E-state index contributed by atoms with van der Waals surface area (Å²) in [4.78, 5) is 1.81. The molecule has 0 saturated heterocycles. The monoisotopic (exact) mass is 243 g/mol. The van der Waals surface area contributed by atoms with Crippen LogP contribution in [0.4, 0.5) is 0 Å². The normalized spacial score (nSPS) is 17.4. The highest BCUT2D eigenvalue weighted by atomic mass is 15.6. The van der Waals surface area contributed by atoms with E-state index in [1.807, 2.05) is 16.5 Å². The lowest BCUT2D eigenvalue weighted by atomic mass is 9.67. The predicted octanol–water partition coefficient (Wildman–Crippen LogP) is 1.82. The summed E-state index contributed by atoms with van der Waals surface area (Å²) in [6.07, 6.45) is 6.97. The molecule has 4 heteroatoms. The van der Waals surface area contributed by atoms with Gasteiger partial charge in [0.1, 0.15) is 10.8 Å². The van der Waals surface area contributed by atoms with Gasteiger partial charge in [-0.1, -0.05) is 25.5 Å². The molecule has 0 amide bonds. The van der Waals surface area contributed by atoms with E-state index in [0.717, 1.165) is 5.69 Å². The number of benzene rings is 1. The smallest absolute Gasteiger partial charge is 0.161 e. The van der Waals surface area contributed by atoms with Gasteiger partial charge in [-0.25, -0.2) is 0 Å². The van der Waals surface area contributed by atoms with Crippen molar-refractivity contribution in [3.8, 4) is 5.69 Å². The van der Waals surface area contributed by atoms with Gasteiger partial charge in [0.15, 0.2) is 5.21 Å². The van der Waals surface area contributed by atoms with E-state index in [1.165, 1.54) is 31.2 Å². The fourth-order valence-corrected chi connectivity index (χ4v) is 2.73. The molecule has 1 aliphatic carbocycles. The standard InChI is InChI=1S/C14H19N4/c1-14(7-4-8-14)10-12-5-3-6-13(9-12)18-16-15-11-17(18)2/h3,5-6,9,11H,4,7-8,10H2,1-2H3/q+1. The maximum atomic E-state index is 4.09. The number of tetrazole rings is 1. The Morgan fingerprint density at radius 1 is 1.39 bits per heavy atom. The molecule has 4 nitrogen and oxygen atoms in total. The predicted molar refractivity (Wildman–Crippen MR) is 68.2 cm³/mol. The van der Waals surface area contributed by atoms with Gasteiger partial charge in [-0.15, -0.1) is 0 Å². The van der Waals surface area contributed by atoms with Crippen molar-refractivity contribution in [1.29, 1.82) is 0 Å². The van der Waals surface area contributed by atoms with E-state index in [4.69, 9.17) is 0 Å². The highest BCUT2D eigenvalue weighted by Crippen LogP contribution is 2.43. The summed E-state index contributed by atoms with van der Waals surface area (Å²) in [5.74, 6) is 0. The zero-order valence-electron chi connectivity index (χ0n) is 11.0. The first kappa shape index (κ1) is 11.4. The average molecular weight is 243 g/mol. The number of hydrogen-bond acceptors (Lipinski definition) is 2. The van der Waals surface area contributed by atoms with Crippen molar-refractivity contribution in [2.75, 3.05) is 0 Å². The number of nitrogens with zero attached hydrogens (tertiary/aromatic N) is 4. The molecule has 1 fully saturated rings. The lowest BCUT2D eigenvalue weighted by Gasteiger charge is -2.38. The second-order valence-corrected chi connectivity index (χ2v) is 5.69. The fourth-order valence-electron chi connectivity index (χ4n) is 2.73. The minimum atomic E-state index is 0.517. The van der Waals surface area contributed by atoms with Crippen LogP contribution >= 0.6 is 0 Å². The SMILES string of the molecule is C[n+]1cnnn1-c1cccc(CC2(C)CCC2)c1.